The molecule has 0 aliphatic heterocycles. The van der Waals surface area contributed by atoms with Gasteiger partial charge in [-0.25, -0.2) is 4.79 Å². The van der Waals surface area contributed by atoms with Gasteiger partial charge >= 0.3 is 17.9 Å². The minimum Gasteiger partial charge on any atom is -0.481 e. The first kappa shape index (κ1) is 16.9. The van der Waals surface area contributed by atoms with Crippen molar-refractivity contribution in [3.05, 3.63) is 24.3 Å². The molecule has 2 unspecified atom stereocenters. The molecule has 0 heterocycles. The molecular weight excluding hydrogens is 276 g/mol. The molecule has 0 spiro atoms. The first-order chi connectivity index (χ1) is 9.79. The van der Waals surface area contributed by atoms with E-state index in [1.807, 2.05) is 0 Å². The van der Waals surface area contributed by atoms with Gasteiger partial charge < -0.3 is 14.6 Å². The van der Waals surface area contributed by atoms with Gasteiger partial charge in [0.1, 0.15) is 13.2 Å². The molecule has 0 aromatic rings. The number of carbonyl (C=O) groups excluding carboxylic acids is 2. The van der Waals surface area contributed by atoms with Gasteiger partial charge in [0.2, 0.25) is 0 Å². The molecule has 1 N–H and O–H groups in total. The number of hydrogen-bond acceptors (Lipinski definition) is 5. The summed E-state index contributed by atoms with van der Waals surface area (Å²) in [7, 11) is 0. The van der Waals surface area contributed by atoms with E-state index in [1.165, 1.54) is 13.8 Å². The second-order valence-electron chi connectivity index (χ2n) is 5.27. The van der Waals surface area contributed by atoms with Gasteiger partial charge in [0, 0.05) is 5.57 Å². The highest BCUT2D eigenvalue weighted by Gasteiger charge is 2.46. The summed E-state index contributed by atoms with van der Waals surface area (Å²) in [5.41, 5.74) is -0.905. The van der Waals surface area contributed by atoms with Crippen LogP contribution in [0.5, 0.6) is 0 Å². The number of ether oxygens (including phenoxy) is 2. The third-order valence-electron chi connectivity index (χ3n) is 3.53. The first-order valence-electron chi connectivity index (χ1n) is 6.66. The Morgan fingerprint density at radius 3 is 2.48 bits per heavy atom. The van der Waals surface area contributed by atoms with Crippen LogP contribution in [0.3, 0.4) is 0 Å². The topological polar surface area (TPSA) is 89.9 Å². The van der Waals surface area contributed by atoms with E-state index in [2.05, 4.69) is 6.58 Å². The monoisotopic (exact) mass is 296 g/mol. The average molecular weight is 296 g/mol. The second-order valence-corrected chi connectivity index (χ2v) is 5.27. The number of esters is 2. The van der Waals surface area contributed by atoms with Crippen LogP contribution in [0.2, 0.25) is 0 Å². The minimum absolute atomic E-state index is 0.0796. The molecule has 21 heavy (non-hydrogen) atoms. The van der Waals surface area contributed by atoms with Crippen molar-refractivity contribution in [1.82, 2.24) is 0 Å². The summed E-state index contributed by atoms with van der Waals surface area (Å²) < 4.78 is 9.81. The summed E-state index contributed by atoms with van der Waals surface area (Å²) >= 11 is 0. The maximum atomic E-state index is 12.0. The zero-order valence-electron chi connectivity index (χ0n) is 12.3. The van der Waals surface area contributed by atoms with Crippen LogP contribution >= 0.6 is 0 Å². The molecule has 116 valence electrons. The Labute approximate surface area is 123 Å². The van der Waals surface area contributed by atoms with Gasteiger partial charge in [0.25, 0.3) is 0 Å². The fourth-order valence-corrected chi connectivity index (χ4v) is 2.06. The van der Waals surface area contributed by atoms with Crippen LogP contribution in [-0.2, 0) is 23.9 Å². The maximum absolute atomic E-state index is 12.0. The number of carboxylic acid groups (broad SMARTS) is 1. The lowest BCUT2D eigenvalue weighted by molar-refractivity contribution is -0.166. The third kappa shape index (κ3) is 4.18. The molecule has 1 aliphatic rings. The Kier molecular flexibility index (Phi) is 5.69. The number of hydrogen-bond donors (Lipinski definition) is 1. The second kappa shape index (κ2) is 7.06. The molecule has 0 aromatic heterocycles. The molecule has 0 bridgehead atoms. The van der Waals surface area contributed by atoms with Gasteiger partial charge in [0.15, 0.2) is 0 Å². The summed E-state index contributed by atoms with van der Waals surface area (Å²) in [4.78, 5) is 34.5. The third-order valence-corrected chi connectivity index (χ3v) is 3.53. The van der Waals surface area contributed by atoms with Crippen LogP contribution in [0.25, 0.3) is 0 Å². The molecule has 1 rings (SSSR count). The molecule has 0 saturated heterocycles. The summed E-state index contributed by atoms with van der Waals surface area (Å²) in [6.07, 6.45) is 4.14. The predicted molar refractivity (Wildman–Crippen MR) is 74.3 cm³/mol. The van der Waals surface area contributed by atoms with Crippen LogP contribution in [0.15, 0.2) is 24.3 Å². The van der Waals surface area contributed by atoms with Crippen molar-refractivity contribution in [2.24, 2.45) is 11.3 Å². The predicted octanol–water partition coefficient (Wildman–Crippen LogP) is 1.71. The van der Waals surface area contributed by atoms with E-state index in [1.54, 1.807) is 12.2 Å². The van der Waals surface area contributed by atoms with Crippen molar-refractivity contribution in [2.45, 2.75) is 26.7 Å². The summed E-state index contributed by atoms with van der Waals surface area (Å²) in [6, 6.07) is 0. The molecule has 1 aliphatic carbocycles. The largest absolute Gasteiger partial charge is 0.481 e. The average Bonchev–Trinajstić information content (AvgIpc) is 2.43. The molecule has 2 atom stereocenters. The SMILES string of the molecule is C=C(C)C(=O)OCCOC(=O)C1CC=CCC1(C)C(=O)O. The van der Waals surface area contributed by atoms with Crippen LogP contribution in [0.4, 0.5) is 0 Å². The van der Waals surface area contributed by atoms with Crippen molar-refractivity contribution < 1.29 is 29.0 Å². The molecule has 6 nitrogen and oxygen atoms in total. The molecule has 6 heteroatoms. The van der Waals surface area contributed by atoms with Crippen LogP contribution in [0, 0.1) is 11.3 Å². The van der Waals surface area contributed by atoms with Gasteiger partial charge in [0.05, 0.1) is 11.3 Å². The Hall–Kier alpha value is -2.11. The van der Waals surface area contributed by atoms with E-state index >= 15 is 0 Å². The van der Waals surface area contributed by atoms with E-state index in [0.29, 0.717) is 6.42 Å². The highest BCUT2D eigenvalue weighted by molar-refractivity contribution is 5.87. The molecule has 0 aromatic carbocycles. The number of carbonyl (C=O) groups is 3. The van der Waals surface area contributed by atoms with Crippen molar-refractivity contribution >= 4 is 17.9 Å². The van der Waals surface area contributed by atoms with Crippen molar-refractivity contribution in [3.63, 3.8) is 0 Å². The smallest absolute Gasteiger partial charge is 0.333 e. The molecule has 0 saturated carbocycles. The quantitative estimate of drug-likeness (QED) is 0.347. The lowest BCUT2D eigenvalue weighted by atomic mass is 9.70. The van der Waals surface area contributed by atoms with E-state index in [0.717, 1.165) is 0 Å². The zero-order valence-corrected chi connectivity index (χ0v) is 12.3. The fraction of sp³-hybridized carbons (Fsp3) is 0.533. The van der Waals surface area contributed by atoms with Gasteiger partial charge in [-0.2, -0.15) is 0 Å². The van der Waals surface area contributed by atoms with Crippen molar-refractivity contribution in [2.75, 3.05) is 13.2 Å². The number of aliphatic carboxylic acids is 1. The zero-order chi connectivity index (χ0) is 16.0. The number of allylic oxidation sites excluding steroid dienone is 2. The first-order valence-corrected chi connectivity index (χ1v) is 6.66. The van der Waals surface area contributed by atoms with Crippen LogP contribution in [-0.4, -0.2) is 36.2 Å². The summed E-state index contributed by atoms with van der Waals surface area (Å²) in [5.74, 6) is -2.91. The van der Waals surface area contributed by atoms with Gasteiger partial charge in [-0.05, 0) is 26.7 Å². The van der Waals surface area contributed by atoms with E-state index in [-0.39, 0.29) is 25.2 Å². The normalized spacial score (nSPS) is 24.2. The van der Waals surface area contributed by atoms with Gasteiger partial charge in [-0.1, -0.05) is 18.7 Å². The Balaban J connectivity index is 2.51. The lowest BCUT2D eigenvalue weighted by Crippen LogP contribution is -2.42. The van der Waals surface area contributed by atoms with E-state index in [4.69, 9.17) is 9.47 Å². The summed E-state index contributed by atoms with van der Waals surface area (Å²) in [6.45, 7) is 6.29. The molecular formula is C15H20O6. The van der Waals surface area contributed by atoms with E-state index in [9.17, 15) is 19.5 Å². The lowest BCUT2D eigenvalue weighted by Gasteiger charge is -2.33. The fourth-order valence-electron chi connectivity index (χ4n) is 2.06. The van der Waals surface area contributed by atoms with Gasteiger partial charge in [-0.3, -0.25) is 9.59 Å². The Bertz CT molecular complexity index is 479. The Morgan fingerprint density at radius 1 is 1.29 bits per heavy atom. The van der Waals surface area contributed by atoms with E-state index < -0.39 is 29.2 Å². The van der Waals surface area contributed by atoms with Gasteiger partial charge in [-0.15, -0.1) is 0 Å². The highest BCUT2D eigenvalue weighted by Crippen LogP contribution is 2.38. The molecule has 0 fully saturated rings. The summed E-state index contributed by atoms with van der Waals surface area (Å²) in [5, 5.41) is 9.30. The molecule has 0 amide bonds. The number of rotatable bonds is 6. The standard InChI is InChI=1S/C15H20O6/c1-10(2)12(16)20-8-9-21-13(17)11-6-4-5-7-15(11,3)14(18)19/h4-5,11H,1,6-9H2,2-3H3,(H,18,19). The van der Waals surface area contributed by atoms with Crippen LogP contribution < -0.4 is 0 Å². The van der Waals surface area contributed by atoms with Crippen molar-refractivity contribution in [1.29, 1.82) is 0 Å². The van der Waals surface area contributed by atoms with Crippen molar-refractivity contribution in [3.8, 4) is 0 Å². The molecule has 0 radical (unpaired) electrons. The maximum Gasteiger partial charge on any atom is 0.333 e. The highest BCUT2D eigenvalue weighted by atomic mass is 16.6. The Morgan fingerprint density at radius 2 is 1.90 bits per heavy atom. The van der Waals surface area contributed by atoms with Crippen LogP contribution in [0.1, 0.15) is 26.7 Å². The minimum atomic E-state index is -1.17. The number of carboxylic acids is 1.